The number of piperazine rings is 1. The van der Waals surface area contributed by atoms with Gasteiger partial charge in [0.25, 0.3) is 0 Å². The van der Waals surface area contributed by atoms with Crippen molar-refractivity contribution in [3.05, 3.63) is 0 Å². The second kappa shape index (κ2) is 8.91. The second-order valence-electron chi connectivity index (χ2n) is 14.1. The van der Waals surface area contributed by atoms with E-state index < -0.39 is 11.9 Å². The summed E-state index contributed by atoms with van der Waals surface area (Å²) in [6.45, 7) is 10.3. The predicted octanol–water partition coefficient (Wildman–Crippen LogP) is 3.11. The fourth-order valence-corrected chi connectivity index (χ4v) is 10.6. The molecule has 0 aromatic carbocycles. The van der Waals surface area contributed by atoms with E-state index in [2.05, 4.69) is 35.6 Å². The average Bonchev–Trinajstić information content (AvgIpc) is 3.23. The van der Waals surface area contributed by atoms with Crippen LogP contribution in [0, 0.1) is 34.5 Å². The van der Waals surface area contributed by atoms with Crippen molar-refractivity contribution >= 4 is 0 Å². The average molecular weight is 490 g/mol. The normalized spacial score (nSPS) is 51.4. The van der Waals surface area contributed by atoms with E-state index in [1.165, 1.54) is 44.9 Å². The van der Waals surface area contributed by atoms with Crippen LogP contribution in [0.3, 0.4) is 0 Å². The van der Waals surface area contributed by atoms with Crippen molar-refractivity contribution in [2.45, 2.75) is 109 Å². The van der Waals surface area contributed by atoms with Crippen LogP contribution in [0.15, 0.2) is 0 Å². The third-order valence-electron chi connectivity index (χ3n) is 12.5. The molecule has 6 aliphatic rings. The Hall–Kier alpha value is -0.240. The smallest absolute Gasteiger partial charge is 0.191 e. The van der Waals surface area contributed by atoms with Crippen molar-refractivity contribution in [3.8, 4) is 0 Å². The number of aliphatic hydroxyl groups is 3. The van der Waals surface area contributed by atoms with E-state index in [1.54, 1.807) is 0 Å². The largest absolute Gasteiger partial charge is 0.386 e. The monoisotopic (exact) mass is 489 g/mol. The summed E-state index contributed by atoms with van der Waals surface area (Å²) in [5, 5.41) is 34.1. The third kappa shape index (κ3) is 3.87. The molecule has 9 atom stereocenters. The summed E-state index contributed by atoms with van der Waals surface area (Å²) in [5.41, 5.74) is 0.446. The summed E-state index contributed by atoms with van der Waals surface area (Å²) >= 11 is 0. The van der Waals surface area contributed by atoms with E-state index >= 15 is 0 Å². The van der Waals surface area contributed by atoms with Gasteiger partial charge in [-0.3, -0.25) is 9.80 Å². The molecule has 6 rings (SSSR count). The summed E-state index contributed by atoms with van der Waals surface area (Å²) in [7, 11) is 2.21. The number of fused-ring (bicyclic) bond motifs is 5. The van der Waals surface area contributed by atoms with Gasteiger partial charge in [0.05, 0.1) is 6.17 Å². The topological polar surface area (TPSA) is 70.4 Å². The molecule has 4 aliphatic carbocycles. The van der Waals surface area contributed by atoms with Gasteiger partial charge in [-0.25, -0.2) is 0 Å². The molecule has 0 spiro atoms. The summed E-state index contributed by atoms with van der Waals surface area (Å²) in [5.74, 6) is 0.434. The van der Waals surface area contributed by atoms with Gasteiger partial charge in [-0.15, -0.1) is 0 Å². The van der Waals surface area contributed by atoms with Crippen LogP contribution >= 0.6 is 0 Å². The van der Waals surface area contributed by atoms with Gasteiger partial charge >= 0.3 is 0 Å². The van der Waals surface area contributed by atoms with Gasteiger partial charge in [0.2, 0.25) is 0 Å². The van der Waals surface area contributed by atoms with Crippen LogP contribution in [-0.2, 0) is 0 Å². The van der Waals surface area contributed by atoms with Crippen molar-refractivity contribution in [1.82, 2.24) is 14.7 Å². The number of likely N-dealkylation sites (tertiary alicyclic amines) is 1. The molecule has 0 radical (unpaired) electrons. The molecule has 2 saturated heterocycles. The number of piperidine rings is 1. The first-order valence-corrected chi connectivity index (χ1v) is 15.0. The Labute approximate surface area is 213 Å². The number of likely N-dealkylation sites (N-methyl/N-ethyl adjacent to an activating group) is 1. The molecule has 2 aliphatic heterocycles. The lowest BCUT2D eigenvalue weighted by atomic mass is 9.43. The van der Waals surface area contributed by atoms with Crippen LogP contribution in [-0.4, -0.2) is 93.9 Å². The Bertz CT molecular complexity index is 785. The van der Waals surface area contributed by atoms with Gasteiger partial charge in [0.1, 0.15) is 6.10 Å². The van der Waals surface area contributed by atoms with Gasteiger partial charge in [-0.1, -0.05) is 20.3 Å². The van der Waals surface area contributed by atoms with E-state index in [4.69, 9.17) is 0 Å². The molecule has 0 aromatic heterocycles. The maximum absolute atomic E-state index is 11.8. The van der Waals surface area contributed by atoms with E-state index in [0.29, 0.717) is 23.9 Å². The minimum Gasteiger partial charge on any atom is -0.386 e. The third-order valence-corrected chi connectivity index (χ3v) is 12.5. The minimum absolute atomic E-state index is 0.0661. The molecular formula is C29H51N3O3. The lowest BCUT2D eigenvalue weighted by Gasteiger charge is -2.67. The van der Waals surface area contributed by atoms with E-state index in [1.807, 2.05) is 0 Å². The molecule has 5 unspecified atom stereocenters. The molecular weight excluding hydrogens is 438 g/mol. The van der Waals surface area contributed by atoms with E-state index in [-0.39, 0.29) is 17.4 Å². The molecule has 6 nitrogen and oxygen atoms in total. The standard InChI is InChI=1S/C29H51N3O3/c1-27-12-6-7-22(27)21-10-9-20-19-29(34,35)26(33)25(28(20,2)23(21)11-13-27)32-14-5-4-8-24(32)31-17-15-30(3)16-18-31/h20-26,33-35H,4-19H2,1-3H3/t20-,21?,22?,23?,24+,25?,26?,27-,28-/m0/s1. The lowest BCUT2D eigenvalue weighted by molar-refractivity contribution is -0.315. The van der Waals surface area contributed by atoms with Crippen LogP contribution in [0.25, 0.3) is 0 Å². The van der Waals surface area contributed by atoms with Gasteiger partial charge in [-0.2, -0.15) is 0 Å². The Morgan fingerprint density at radius 1 is 0.771 bits per heavy atom. The summed E-state index contributed by atoms with van der Waals surface area (Å²) < 4.78 is 0. The van der Waals surface area contributed by atoms with Crippen LogP contribution in [0.1, 0.15) is 84.5 Å². The van der Waals surface area contributed by atoms with Crippen molar-refractivity contribution in [2.24, 2.45) is 34.5 Å². The zero-order chi connectivity index (χ0) is 24.6. The van der Waals surface area contributed by atoms with Crippen LogP contribution in [0.2, 0.25) is 0 Å². The highest BCUT2D eigenvalue weighted by molar-refractivity contribution is 5.16. The maximum atomic E-state index is 11.8. The second-order valence-corrected chi connectivity index (χ2v) is 14.1. The lowest BCUT2D eigenvalue weighted by Crippen LogP contribution is -2.74. The number of nitrogens with zero attached hydrogens (tertiary/aromatic N) is 3. The molecule has 6 heteroatoms. The van der Waals surface area contributed by atoms with E-state index in [9.17, 15) is 15.3 Å². The highest BCUT2D eigenvalue weighted by Gasteiger charge is 2.67. The van der Waals surface area contributed by atoms with Gasteiger partial charge in [0, 0.05) is 45.2 Å². The summed E-state index contributed by atoms with van der Waals surface area (Å²) in [6, 6.07) is -0.181. The van der Waals surface area contributed by atoms with Gasteiger partial charge in [0.15, 0.2) is 5.79 Å². The number of hydrogen-bond acceptors (Lipinski definition) is 6. The first-order chi connectivity index (χ1) is 16.6. The summed E-state index contributed by atoms with van der Waals surface area (Å²) in [4.78, 5) is 7.65. The Balaban J connectivity index is 1.37. The number of rotatable bonds is 2. The summed E-state index contributed by atoms with van der Waals surface area (Å²) in [6.07, 6.45) is 12.1. The van der Waals surface area contributed by atoms with Crippen molar-refractivity contribution < 1.29 is 15.3 Å². The van der Waals surface area contributed by atoms with E-state index in [0.717, 1.165) is 63.8 Å². The quantitative estimate of drug-likeness (QED) is 0.518. The zero-order valence-corrected chi connectivity index (χ0v) is 22.5. The molecule has 4 saturated carbocycles. The molecule has 35 heavy (non-hydrogen) atoms. The fourth-order valence-electron chi connectivity index (χ4n) is 10.6. The van der Waals surface area contributed by atoms with Gasteiger partial charge in [-0.05, 0) is 99.3 Å². The Morgan fingerprint density at radius 3 is 2.31 bits per heavy atom. The molecule has 6 fully saturated rings. The van der Waals surface area contributed by atoms with Crippen molar-refractivity contribution in [1.29, 1.82) is 0 Å². The van der Waals surface area contributed by atoms with Crippen LogP contribution in [0.5, 0.6) is 0 Å². The first kappa shape index (κ1) is 25.1. The van der Waals surface area contributed by atoms with Crippen molar-refractivity contribution in [3.63, 3.8) is 0 Å². The molecule has 0 bridgehead atoms. The molecule has 3 N–H and O–H groups in total. The Kier molecular flexibility index (Phi) is 6.38. The minimum atomic E-state index is -1.98. The fraction of sp³-hybridized carbons (Fsp3) is 1.00. The molecule has 2 heterocycles. The molecule has 200 valence electrons. The molecule has 0 aromatic rings. The highest BCUT2D eigenvalue weighted by atomic mass is 16.5. The molecule has 0 amide bonds. The van der Waals surface area contributed by atoms with Crippen LogP contribution in [0.4, 0.5) is 0 Å². The highest BCUT2D eigenvalue weighted by Crippen LogP contribution is 2.67. The first-order valence-electron chi connectivity index (χ1n) is 15.0. The predicted molar refractivity (Wildman–Crippen MR) is 137 cm³/mol. The van der Waals surface area contributed by atoms with Crippen LogP contribution < -0.4 is 0 Å². The van der Waals surface area contributed by atoms with Gasteiger partial charge < -0.3 is 20.2 Å². The SMILES string of the molecule is CN1CCN([C@H]2CCCCN2C2C(O)C(O)(O)C[C@@H]3CCC4C5CCC[C@@]5(C)CCC4[C@@]23C)CC1. The maximum Gasteiger partial charge on any atom is 0.191 e. The Morgan fingerprint density at radius 2 is 1.54 bits per heavy atom. The number of aliphatic hydroxyl groups excluding tert-OH is 1. The number of hydrogen-bond donors (Lipinski definition) is 3. The zero-order valence-electron chi connectivity index (χ0n) is 22.5. The van der Waals surface area contributed by atoms with Crippen molar-refractivity contribution in [2.75, 3.05) is 39.8 Å².